The van der Waals surface area contributed by atoms with Crippen LogP contribution in [0.25, 0.3) is 0 Å². The molecule has 0 saturated heterocycles. The maximum atomic E-state index is 7.00. The molecular weight excluding hydrogens is 306 g/mol. The van der Waals surface area contributed by atoms with E-state index >= 15 is 0 Å². The molecular formula is C22H38BP. The van der Waals surface area contributed by atoms with Crippen molar-refractivity contribution in [2.24, 2.45) is 5.92 Å². The molecule has 1 aliphatic rings. The fraction of sp³-hybridized carbons (Fsp3) is 0.727. The second-order valence-electron chi connectivity index (χ2n) is 8.99. The molecule has 1 aromatic carbocycles. The normalized spacial score (nSPS) is 21.2. The van der Waals surface area contributed by atoms with Crippen LogP contribution in [0.2, 0.25) is 0 Å². The fourth-order valence-electron chi connectivity index (χ4n) is 4.16. The van der Waals surface area contributed by atoms with Crippen LogP contribution < -0.4 is 5.30 Å². The van der Waals surface area contributed by atoms with Crippen LogP contribution in [0.4, 0.5) is 0 Å². The van der Waals surface area contributed by atoms with E-state index in [9.17, 15) is 0 Å². The van der Waals surface area contributed by atoms with Gasteiger partial charge in [0.2, 0.25) is 0 Å². The van der Waals surface area contributed by atoms with Gasteiger partial charge >= 0.3 is 152 Å². The van der Waals surface area contributed by atoms with Crippen LogP contribution in [0, 0.1) is 5.92 Å². The second-order valence-corrected chi connectivity index (χ2v) is 15.0. The molecule has 2 heteroatoms. The number of hydrogen-bond donors (Lipinski definition) is 0. The Labute approximate surface area is 152 Å². The molecule has 2 radical (unpaired) electrons. The maximum absolute atomic E-state index is 7.00. The zero-order valence-corrected chi connectivity index (χ0v) is 17.1. The van der Waals surface area contributed by atoms with Gasteiger partial charge in [-0.1, -0.05) is 0 Å². The summed E-state index contributed by atoms with van der Waals surface area (Å²) in [6.07, 6.45) is 18.5. The number of benzene rings is 1. The van der Waals surface area contributed by atoms with Crippen molar-refractivity contribution in [1.82, 2.24) is 0 Å². The van der Waals surface area contributed by atoms with Crippen molar-refractivity contribution >= 4 is 19.4 Å². The summed E-state index contributed by atoms with van der Waals surface area (Å²) in [6.45, 7) is 2.50. The Kier molecular flexibility index (Phi) is 7.86. The van der Waals surface area contributed by atoms with Crippen LogP contribution >= 0.6 is 6.48 Å². The van der Waals surface area contributed by atoms with Gasteiger partial charge in [-0.2, -0.15) is 0 Å². The molecule has 0 N–H and O–H groups in total. The first-order valence-corrected chi connectivity index (χ1v) is 13.7. The van der Waals surface area contributed by atoms with Gasteiger partial charge in [0.25, 0.3) is 0 Å². The summed E-state index contributed by atoms with van der Waals surface area (Å²) in [6, 6.07) is 10.9. The Balaban J connectivity index is 1.91. The van der Waals surface area contributed by atoms with Crippen LogP contribution in [-0.4, -0.2) is 27.1 Å². The molecule has 1 aliphatic carbocycles. The summed E-state index contributed by atoms with van der Waals surface area (Å²) in [5, 5.41) is 1.40. The molecule has 24 heavy (non-hydrogen) atoms. The Morgan fingerprint density at radius 2 is 1.25 bits per heavy atom. The zero-order valence-electron chi connectivity index (χ0n) is 16.2. The predicted octanol–water partition coefficient (Wildman–Crippen LogP) is 6.52. The van der Waals surface area contributed by atoms with E-state index in [1.54, 1.807) is 0 Å². The Morgan fingerprint density at radius 3 is 1.75 bits per heavy atom. The van der Waals surface area contributed by atoms with Crippen molar-refractivity contribution in [3.05, 3.63) is 30.3 Å². The van der Waals surface area contributed by atoms with E-state index < -0.39 is 6.48 Å². The summed E-state index contributed by atoms with van der Waals surface area (Å²) in [7, 11) is 7.00. The van der Waals surface area contributed by atoms with Crippen LogP contribution in [0.1, 0.15) is 77.0 Å². The van der Waals surface area contributed by atoms with Crippen molar-refractivity contribution in [3.8, 4) is 0 Å². The molecule has 134 valence electrons. The first kappa shape index (κ1) is 20.0. The van der Waals surface area contributed by atoms with Gasteiger partial charge in [-0.05, 0) is 0 Å². The third-order valence-electron chi connectivity index (χ3n) is 6.05. The van der Waals surface area contributed by atoms with Gasteiger partial charge in [-0.15, -0.1) is 0 Å². The van der Waals surface area contributed by atoms with Gasteiger partial charge in [0.1, 0.15) is 0 Å². The van der Waals surface area contributed by atoms with Gasteiger partial charge in [-0.3, -0.25) is 0 Å². The van der Waals surface area contributed by atoms with E-state index in [1.165, 1.54) is 88.5 Å². The van der Waals surface area contributed by atoms with Crippen molar-refractivity contribution in [2.75, 3.05) is 19.5 Å². The van der Waals surface area contributed by atoms with Crippen LogP contribution in [0.3, 0.4) is 0 Å². The van der Waals surface area contributed by atoms with Crippen molar-refractivity contribution < 1.29 is 0 Å². The average molecular weight is 344 g/mol. The van der Waals surface area contributed by atoms with Gasteiger partial charge in [0, 0.05) is 0 Å². The SMILES string of the molecule is [B]P(C)(C)(CCC1CCCCCCCCCCC1)c1ccccc1. The second kappa shape index (κ2) is 9.42. The Hall–Kier alpha value is -0.285. The molecule has 0 aromatic heterocycles. The van der Waals surface area contributed by atoms with Crippen molar-refractivity contribution in [2.45, 2.75) is 77.0 Å². The first-order chi connectivity index (χ1) is 11.5. The van der Waals surface area contributed by atoms with E-state index in [-0.39, 0.29) is 0 Å². The van der Waals surface area contributed by atoms with Crippen molar-refractivity contribution in [1.29, 1.82) is 0 Å². The topological polar surface area (TPSA) is 0 Å². The van der Waals surface area contributed by atoms with E-state index in [0.29, 0.717) is 0 Å². The minimum absolute atomic E-state index is 0.901. The zero-order chi connectivity index (χ0) is 17.3. The van der Waals surface area contributed by atoms with E-state index in [2.05, 4.69) is 43.7 Å². The van der Waals surface area contributed by atoms with Gasteiger partial charge in [-0.25, -0.2) is 0 Å². The van der Waals surface area contributed by atoms with Crippen molar-refractivity contribution in [3.63, 3.8) is 0 Å². The molecule has 0 spiro atoms. The summed E-state index contributed by atoms with van der Waals surface area (Å²) in [5.41, 5.74) is 0. The summed E-state index contributed by atoms with van der Waals surface area (Å²) in [5.74, 6) is 0.901. The van der Waals surface area contributed by atoms with Crippen LogP contribution in [0.5, 0.6) is 0 Å². The molecule has 1 saturated carbocycles. The Morgan fingerprint density at radius 1 is 0.792 bits per heavy atom. The first-order valence-electron chi connectivity index (χ1n) is 10.3. The molecule has 2 rings (SSSR count). The molecule has 0 aliphatic heterocycles. The number of hydrogen-bond acceptors (Lipinski definition) is 0. The third-order valence-corrected chi connectivity index (χ3v) is 9.68. The molecule has 1 aromatic rings. The van der Waals surface area contributed by atoms with Gasteiger partial charge < -0.3 is 0 Å². The third kappa shape index (κ3) is 6.91. The van der Waals surface area contributed by atoms with E-state index in [4.69, 9.17) is 7.57 Å². The van der Waals surface area contributed by atoms with Crippen LogP contribution in [-0.2, 0) is 0 Å². The molecule has 0 atom stereocenters. The summed E-state index contributed by atoms with van der Waals surface area (Å²) in [4.78, 5) is 0. The molecule has 0 heterocycles. The van der Waals surface area contributed by atoms with E-state index in [1.807, 2.05) is 0 Å². The standard InChI is InChI=1S/C22H38BP/c1-24(2,23,22-17-13-10-14-18-22)20-19-21-15-11-8-6-4-3-5-7-9-12-16-21/h10,13-14,17-18,21H,3-9,11-12,15-16,19-20H2,1-2H3. The fourth-order valence-corrected chi connectivity index (χ4v) is 6.73. The average Bonchev–Trinajstić information content (AvgIpc) is 2.55. The van der Waals surface area contributed by atoms with Crippen LogP contribution in [0.15, 0.2) is 30.3 Å². The monoisotopic (exact) mass is 344 g/mol. The van der Waals surface area contributed by atoms with Gasteiger partial charge in [0.15, 0.2) is 0 Å². The number of rotatable bonds is 4. The predicted molar refractivity (Wildman–Crippen MR) is 114 cm³/mol. The molecule has 0 amide bonds. The molecule has 0 bridgehead atoms. The van der Waals surface area contributed by atoms with Gasteiger partial charge in [0.05, 0.1) is 0 Å². The quantitative estimate of drug-likeness (QED) is 0.431. The summed E-state index contributed by atoms with van der Waals surface area (Å²) >= 11 is 0. The molecule has 0 nitrogen and oxygen atoms in total. The summed E-state index contributed by atoms with van der Waals surface area (Å²) < 4.78 is 0. The molecule has 0 unspecified atom stereocenters. The van der Waals surface area contributed by atoms with E-state index in [0.717, 1.165) is 5.92 Å². The minimum atomic E-state index is -2.21. The Bertz CT molecular complexity index is 448. The molecule has 1 fully saturated rings.